The van der Waals surface area contributed by atoms with E-state index in [2.05, 4.69) is 33.6 Å². The Balaban J connectivity index is 1.57. The summed E-state index contributed by atoms with van der Waals surface area (Å²) in [5.41, 5.74) is 1.28. The second-order valence-corrected chi connectivity index (χ2v) is 6.66. The van der Waals surface area contributed by atoms with E-state index in [1.165, 1.54) is 5.56 Å². The lowest BCUT2D eigenvalue weighted by Crippen LogP contribution is -2.60. The summed E-state index contributed by atoms with van der Waals surface area (Å²) in [7, 11) is 0. The number of hydrogen-bond donors (Lipinski definition) is 0. The average Bonchev–Trinajstić information content (AvgIpc) is 3.04. The van der Waals surface area contributed by atoms with Gasteiger partial charge in [0.2, 0.25) is 5.91 Å². The summed E-state index contributed by atoms with van der Waals surface area (Å²) in [5, 5.41) is 4.21. The molecule has 2 fully saturated rings. The molecule has 1 amide bonds. The molecule has 0 saturated carbocycles. The third kappa shape index (κ3) is 3.47. The predicted molar refractivity (Wildman–Crippen MR) is 84.6 cm³/mol. The van der Waals surface area contributed by atoms with Gasteiger partial charge >= 0.3 is 0 Å². The first kappa shape index (κ1) is 15.0. The summed E-state index contributed by atoms with van der Waals surface area (Å²) in [6, 6.07) is 2.40. The van der Waals surface area contributed by atoms with Crippen molar-refractivity contribution in [3.8, 4) is 0 Å². The van der Waals surface area contributed by atoms with Crippen LogP contribution in [0.2, 0.25) is 0 Å². The van der Waals surface area contributed by atoms with Crippen molar-refractivity contribution in [3.63, 3.8) is 0 Å². The number of morpholine rings is 1. The lowest BCUT2D eigenvalue weighted by molar-refractivity contribution is -0.152. The maximum atomic E-state index is 12.6. The van der Waals surface area contributed by atoms with Crippen LogP contribution in [0.5, 0.6) is 0 Å². The third-order valence-electron chi connectivity index (χ3n) is 4.65. The minimum Gasteiger partial charge on any atom is -0.373 e. The van der Waals surface area contributed by atoms with Gasteiger partial charge in [0.15, 0.2) is 0 Å². The van der Waals surface area contributed by atoms with Crippen LogP contribution in [0.25, 0.3) is 0 Å². The topological polar surface area (TPSA) is 32.8 Å². The highest BCUT2D eigenvalue weighted by Crippen LogP contribution is 2.24. The summed E-state index contributed by atoms with van der Waals surface area (Å²) in [5.74, 6) is 0.296. The number of thiophene rings is 1. The maximum absolute atomic E-state index is 12.6. The molecule has 0 N–H and O–H groups in total. The van der Waals surface area contributed by atoms with Crippen molar-refractivity contribution in [2.24, 2.45) is 0 Å². The highest BCUT2D eigenvalue weighted by atomic mass is 32.1. The molecule has 3 heterocycles. The SMILES string of the molecule is CCN1CC[C@H]2[C@@H](C1)OCCN2C(=O)CCc1ccsc1. The molecule has 4 nitrogen and oxygen atoms in total. The molecule has 5 heteroatoms. The van der Waals surface area contributed by atoms with E-state index in [0.717, 1.165) is 39.0 Å². The Morgan fingerprint density at radius 3 is 3.14 bits per heavy atom. The number of aryl methyl sites for hydroxylation is 1. The van der Waals surface area contributed by atoms with Gasteiger partial charge in [-0.05, 0) is 41.8 Å². The number of carbonyl (C=O) groups is 1. The van der Waals surface area contributed by atoms with Crippen molar-refractivity contribution in [1.29, 1.82) is 0 Å². The predicted octanol–water partition coefficient (Wildman–Crippen LogP) is 2.00. The fourth-order valence-corrected chi connectivity index (χ4v) is 4.09. The van der Waals surface area contributed by atoms with E-state index >= 15 is 0 Å². The molecule has 3 rings (SSSR count). The highest BCUT2D eigenvalue weighted by Gasteiger charge is 2.38. The van der Waals surface area contributed by atoms with Gasteiger partial charge in [0.05, 0.1) is 18.8 Å². The molecule has 2 aliphatic rings. The minimum atomic E-state index is 0.206. The van der Waals surface area contributed by atoms with Crippen molar-refractivity contribution in [2.75, 3.05) is 32.8 Å². The minimum absolute atomic E-state index is 0.206. The molecule has 2 aliphatic heterocycles. The largest absolute Gasteiger partial charge is 0.373 e. The molecule has 1 aromatic heterocycles. The van der Waals surface area contributed by atoms with Gasteiger partial charge in [0.1, 0.15) is 0 Å². The van der Waals surface area contributed by atoms with Crippen LogP contribution in [0.4, 0.5) is 0 Å². The molecular weight excluding hydrogens is 284 g/mol. The van der Waals surface area contributed by atoms with E-state index in [1.54, 1.807) is 11.3 Å². The van der Waals surface area contributed by atoms with Gasteiger partial charge < -0.3 is 14.5 Å². The normalized spacial score (nSPS) is 26.6. The van der Waals surface area contributed by atoms with E-state index in [1.807, 2.05) is 0 Å². The first-order valence-corrected chi connectivity index (χ1v) is 8.86. The van der Waals surface area contributed by atoms with Crippen LogP contribution >= 0.6 is 11.3 Å². The lowest BCUT2D eigenvalue weighted by atomic mass is 9.97. The number of fused-ring (bicyclic) bond motifs is 1. The van der Waals surface area contributed by atoms with Crippen molar-refractivity contribution >= 4 is 17.2 Å². The van der Waals surface area contributed by atoms with E-state index in [-0.39, 0.29) is 12.1 Å². The molecular formula is C16H24N2O2S. The van der Waals surface area contributed by atoms with Crippen LogP contribution in [0.3, 0.4) is 0 Å². The van der Waals surface area contributed by atoms with Gasteiger partial charge in [0, 0.05) is 26.1 Å². The van der Waals surface area contributed by atoms with Crippen molar-refractivity contribution < 1.29 is 9.53 Å². The second kappa shape index (κ2) is 6.90. The van der Waals surface area contributed by atoms with Crippen molar-refractivity contribution in [2.45, 2.75) is 38.3 Å². The number of likely N-dealkylation sites (tertiary alicyclic amines) is 1. The number of amides is 1. The van der Waals surface area contributed by atoms with Crippen molar-refractivity contribution in [3.05, 3.63) is 22.4 Å². The lowest BCUT2D eigenvalue weighted by Gasteiger charge is -2.46. The van der Waals surface area contributed by atoms with Crippen LogP contribution in [-0.4, -0.2) is 60.6 Å². The van der Waals surface area contributed by atoms with Gasteiger partial charge in [-0.15, -0.1) is 0 Å². The number of carbonyl (C=O) groups excluding carboxylic acids is 1. The quantitative estimate of drug-likeness (QED) is 0.853. The molecule has 116 valence electrons. The molecule has 21 heavy (non-hydrogen) atoms. The molecule has 0 spiro atoms. The summed E-state index contributed by atoms with van der Waals surface area (Å²) < 4.78 is 5.91. The Hall–Kier alpha value is -0.910. The Kier molecular flexibility index (Phi) is 4.93. The summed E-state index contributed by atoms with van der Waals surface area (Å²) in [6.45, 7) is 6.75. The van der Waals surface area contributed by atoms with Gasteiger partial charge in [0.25, 0.3) is 0 Å². The molecule has 0 bridgehead atoms. The van der Waals surface area contributed by atoms with Crippen LogP contribution in [0, 0.1) is 0 Å². The molecule has 2 atom stereocenters. The number of hydrogen-bond acceptors (Lipinski definition) is 4. The molecule has 0 unspecified atom stereocenters. The number of rotatable bonds is 4. The Labute approximate surface area is 130 Å². The monoisotopic (exact) mass is 308 g/mol. The molecule has 2 saturated heterocycles. The van der Waals surface area contributed by atoms with E-state index in [9.17, 15) is 4.79 Å². The molecule has 0 aromatic carbocycles. The standard InChI is InChI=1S/C16H24N2O2S/c1-2-17-7-5-14-15(11-17)20-9-8-18(14)16(19)4-3-13-6-10-21-12-13/h6,10,12,14-15H,2-5,7-9,11H2,1H3/t14-,15+/m0/s1. The van der Waals surface area contributed by atoms with Gasteiger partial charge in [-0.1, -0.05) is 6.92 Å². The van der Waals surface area contributed by atoms with Gasteiger partial charge in [-0.3, -0.25) is 4.79 Å². The second-order valence-electron chi connectivity index (χ2n) is 5.88. The van der Waals surface area contributed by atoms with Crippen molar-refractivity contribution in [1.82, 2.24) is 9.80 Å². The fraction of sp³-hybridized carbons (Fsp3) is 0.688. The number of nitrogens with zero attached hydrogens (tertiary/aromatic N) is 2. The molecule has 0 radical (unpaired) electrons. The van der Waals surface area contributed by atoms with Gasteiger partial charge in [-0.2, -0.15) is 11.3 Å². The zero-order valence-electron chi connectivity index (χ0n) is 12.7. The van der Waals surface area contributed by atoms with Crippen LogP contribution in [0.1, 0.15) is 25.3 Å². The van der Waals surface area contributed by atoms with E-state index < -0.39 is 0 Å². The Morgan fingerprint density at radius 2 is 2.38 bits per heavy atom. The van der Waals surface area contributed by atoms with Crippen LogP contribution < -0.4 is 0 Å². The third-order valence-corrected chi connectivity index (χ3v) is 5.38. The number of ether oxygens (including phenoxy) is 1. The number of piperidine rings is 1. The molecule has 0 aliphatic carbocycles. The first-order chi connectivity index (χ1) is 10.3. The summed E-state index contributed by atoms with van der Waals surface area (Å²) >= 11 is 1.70. The summed E-state index contributed by atoms with van der Waals surface area (Å²) in [6.07, 6.45) is 2.73. The highest BCUT2D eigenvalue weighted by molar-refractivity contribution is 7.07. The smallest absolute Gasteiger partial charge is 0.223 e. The van der Waals surface area contributed by atoms with Crippen LogP contribution in [-0.2, 0) is 16.0 Å². The van der Waals surface area contributed by atoms with E-state index in [0.29, 0.717) is 18.9 Å². The Bertz CT molecular complexity index is 463. The zero-order valence-corrected chi connectivity index (χ0v) is 13.5. The molecule has 1 aromatic rings. The van der Waals surface area contributed by atoms with E-state index in [4.69, 9.17) is 4.74 Å². The van der Waals surface area contributed by atoms with Gasteiger partial charge in [-0.25, -0.2) is 0 Å². The van der Waals surface area contributed by atoms with Crippen LogP contribution in [0.15, 0.2) is 16.8 Å². The fourth-order valence-electron chi connectivity index (χ4n) is 3.38. The first-order valence-electron chi connectivity index (χ1n) is 7.92. The number of likely N-dealkylation sites (N-methyl/N-ethyl adjacent to an activating group) is 1. The maximum Gasteiger partial charge on any atom is 0.223 e. The Morgan fingerprint density at radius 1 is 1.48 bits per heavy atom. The zero-order chi connectivity index (χ0) is 14.7. The average molecular weight is 308 g/mol. The summed E-state index contributed by atoms with van der Waals surface area (Å²) in [4.78, 5) is 17.1.